The van der Waals surface area contributed by atoms with Crippen molar-refractivity contribution < 1.29 is 0 Å². The van der Waals surface area contributed by atoms with Crippen LogP contribution in [-0.2, 0) is 0 Å². The monoisotopic (exact) mass is 239 g/mol. The second-order valence-electron chi connectivity index (χ2n) is 3.79. The van der Waals surface area contributed by atoms with E-state index in [9.17, 15) is 0 Å². The van der Waals surface area contributed by atoms with Crippen LogP contribution in [0, 0.1) is 0 Å². The molecule has 16 heavy (non-hydrogen) atoms. The number of anilines is 1. The summed E-state index contributed by atoms with van der Waals surface area (Å²) in [7, 11) is 0. The number of imidazole rings is 1. The van der Waals surface area contributed by atoms with Gasteiger partial charge >= 0.3 is 0 Å². The van der Waals surface area contributed by atoms with Crippen LogP contribution in [0.2, 0.25) is 5.28 Å². The Morgan fingerprint density at radius 2 is 2.19 bits per heavy atom. The van der Waals surface area contributed by atoms with E-state index in [0.717, 1.165) is 17.7 Å². The molecule has 0 bridgehead atoms. The lowest BCUT2D eigenvalue weighted by atomic mass is 10.4. The Morgan fingerprint density at radius 1 is 1.44 bits per heavy atom. The normalized spacial score (nSPS) is 11.3. The van der Waals surface area contributed by atoms with Crippen molar-refractivity contribution in [3.63, 3.8) is 0 Å². The number of aromatic nitrogens is 4. The molecule has 2 heterocycles. The maximum atomic E-state index is 5.89. The molecule has 0 unspecified atom stereocenters. The van der Waals surface area contributed by atoms with Crippen molar-refractivity contribution in [2.24, 2.45) is 0 Å². The van der Waals surface area contributed by atoms with Crippen molar-refractivity contribution in [2.45, 2.75) is 26.8 Å². The van der Waals surface area contributed by atoms with Gasteiger partial charge in [-0.2, -0.15) is 9.97 Å². The van der Waals surface area contributed by atoms with E-state index in [1.807, 2.05) is 11.5 Å². The number of halogens is 1. The van der Waals surface area contributed by atoms with Crippen LogP contribution in [-0.4, -0.2) is 26.1 Å². The highest BCUT2D eigenvalue weighted by atomic mass is 35.5. The van der Waals surface area contributed by atoms with Gasteiger partial charge in [0.1, 0.15) is 0 Å². The molecular formula is C10H14ClN5. The van der Waals surface area contributed by atoms with Crippen molar-refractivity contribution in [3.8, 4) is 0 Å². The second kappa shape index (κ2) is 4.25. The minimum atomic E-state index is 0.242. The Hall–Kier alpha value is -1.36. The smallest absolute Gasteiger partial charge is 0.226 e. The molecule has 0 fully saturated rings. The zero-order valence-corrected chi connectivity index (χ0v) is 10.3. The van der Waals surface area contributed by atoms with Crippen LogP contribution in [0.25, 0.3) is 11.2 Å². The van der Waals surface area contributed by atoms with E-state index in [4.69, 9.17) is 11.6 Å². The van der Waals surface area contributed by atoms with Crippen LogP contribution in [0.1, 0.15) is 26.8 Å². The SMILES string of the molecule is CCNc1nc(Cl)nc2c1ncn2C(C)C. The summed E-state index contributed by atoms with van der Waals surface area (Å²) >= 11 is 5.89. The van der Waals surface area contributed by atoms with Gasteiger partial charge in [-0.15, -0.1) is 0 Å². The van der Waals surface area contributed by atoms with Crippen molar-refractivity contribution in [2.75, 3.05) is 11.9 Å². The highest BCUT2D eigenvalue weighted by Gasteiger charge is 2.13. The molecule has 1 N–H and O–H groups in total. The summed E-state index contributed by atoms with van der Waals surface area (Å²) < 4.78 is 1.98. The van der Waals surface area contributed by atoms with Gasteiger partial charge in [0.15, 0.2) is 17.0 Å². The number of hydrogen-bond acceptors (Lipinski definition) is 4. The lowest BCUT2D eigenvalue weighted by molar-refractivity contribution is 0.612. The predicted molar refractivity (Wildman–Crippen MR) is 64.9 cm³/mol. The third-order valence-corrected chi connectivity index (χ3v) is 2.46. The van der Waals surface area contributed by atoms with E-state index < -0.39 is 0 Å². The van der Waals surface area contributed by atoms with Gasteiger partial charge in [-0.25, -0.2) is 4.98 Å². The maximum absolute atomic E-state index is 5.89. The molecule has 0 aromatic carbocycles. The summed E-state index contributed by atoms with van der Waals surface area (Å²) in [6.45, 7) is 6.92. The first kappa shape index (κ1) is 11.1. The minimum absolute atomic E-state index is 0.242. The maximum Gasteiger partial charge on any atom is 0.226 e. The van der Waals surface area contributed by atoms with Crippen molar-refractivity contribution >= 4 is 28.6 Å². The molecule has 0 amide bonds. The fourth-order valence-corrected chi connectivity index (χ4v) is 1.72. The lowest BCUT2D eigenvalue weighted by Crippen LogP contribution is -2.04. The van der Waals surface area contributed by atoms with Crippen LogP contribution < -0.4 is 5.32 Å². The van der Waals surface area contributed by atoms with E-state index >= 15 is 0 Å². The molecule has 0 aliphatic rings. The Kier molecular flexibility index (Phi) is 2.96. The highest BCUT2D eigenvalue weighted by molar-refractivity contribution is 6.28. The molecular weight excluding hydrogens is 226 g/mol. The summed E-state index contributed by atoms with van der Waals surface area (Å²) in [4.78, 5) is 12.7. The molecule has 6 heteroatoms. The van der Waals surface area contributed by atoms with Crippen LogP contribution in [0.15, 0.2) is 6.33 Å². The second-order valence-corrected chi connectivity index (χ2v) is 4.13. The summed E-state index contributed by atoms with van der Waals surface area (Å²) in [5.74, 6) is 0.692. The first-order valence-electron chi connectivity index (χ1n) is 5.27. The number of rotatable bonds is 3. The Bertz CT molecular complexity index is 505. The molecule has 0 aliphatic heterocycles. The van der Waals surface area contributed by atoms with E-state index in [1.54, 1.807) is 6.33 Å². The van der Waals surface area contributed by atoms with Crippen molar-refractivity contribution in [3.05, 3.63) is 11.6 Å². The quantitative estimate of drug-likeness (QED) is 0.837. The molecule has 0 spiro atoms. The van der Waals surface area contributed by atoms with Crippen LogP contribution in [0.4, 0.5) is 5.82 Å². The number of fused-ring (bicyclic) bond motifs is 1. The average Bonchev–Trinajstić information content (AvgIpc) is 2.61. The van der Waals surface area contributed by atoms with Crippen molar-refractivity contribution in [1.82, 2.24) is 19.5 Å². The molecule has 0 saturated carbocycles. The molecule has 2 rings (SSSR count). The molecule has 2 aromatic rings. The van der Waals surface area contributed by atoms with Gasteiger partial charge in [-0.1, -0.05) is 0 Å². The Labute approximate surface area is 98.9 Å². The first-order valence-corrected chi connectivity index (χ1v) is 5.65. The van der Waals surface area contributed by atoms with E-state index in [2.05, 4.69) is 34.1 Å². The molecule has 2 aromatic heterocycles. The minimum Gasteiger partial charge on any atom is -0.368 e. The van der Waals surface area contributed by atoms with E-state index in [0.29, 0.717) is 11.9 Å². The van der Waals surface area contributed by atoms with Gasteiger partial charge in [-0.05, 0) is 32.4 Å². The van der Waals surface area contributed by atoms with Crippen molar-refractivity contribution in [1.29, 1.82) is 0 Å². The summed E-state index contributed by atoms with van der Waals surface area (Å²) in [5, 5.41) is 3.37. The fourth-order valence-electron chi connectivity index (χ4n) is 1.56. The summed E-state index contributed by atoms with van der Waals surface area (Å²) in [6, 6.07) is 0.297. The van der Waals surface area contributed by atoms with Gasteiger partial charge in [0.05, 0.1) is 6.33 Å². The predicted octanol–water partition coefficient (Wildman–Crippen LogP) is 2.49. The Morgan fingerprint density at radius 3 is 2.81 bits per heavy atom. The zero-order chi connectivity index (χ0) is 11.7. The third kappa shape index (κ3) is 1.82. The highest BCUT2D eigenvalue weighted by Crippen LogP contribution is 2.22. The number of nitrogens with one attached hydrogen (secondary N) is 1. The lowest BCUT2D eigenvalue weighted by Gasteiger charge is -2.08. The topological polar surface area (TPSA) is 55.6 Å². The molecule has 0 aliphatic carbocycles. The van der Waals surface area contributed by atoms with Gasteiger partial charge in [0, 0.05) is 12.6 Å². The molecule has 0 saturated heterocycles. The first-order chi connectivity index (χ1) is 7.63. The fraction of sp³-hybridized carbons (Fsp3) is 0.500. The standard InChI is InChI=1S/C10H14ClN5/c1-4-12-8-7-9(15-10(11)14-8)16(5-13-7)6(2)3/h5-6H,4H2,1-3H3,(H,12,14,15). The third-order valence-electron chi connectivity index (χ3n) is 2.29. The average molecular weight is 240 g/mol. The van der Waals surface area contributed by atoms with E-state index in [1.165, 1.54) is 0 Å². The molecule has 0 radical (unpaired) electrons. The molecule has 0 atom stereocenters. The van der Waals surface area contributed by atoms with Gasteiger partial charge in [-0.3, -0.25) is 0 Å². The largest absolute Gasteiger partial charge is 0.368 e. The van der Waals surface area contributed by atoms with E-state index in [-0.39, 0.29) is 5.28 Å². The number of nitrogens with zero attached hydrogens (tertiary/aromatic N) is 4. The summed E-state index contributed by atoms with van der Waals surface area (Å²) in [5.41, 5.74) is 1.53. The summed E-state index contributed by atoms with van der Waals surface area (Å²) in [6.07, 6.45) is 1.77. The van der Waals surface area contributed by atoms with Crippen LogP contribution in [0.5, 0.6) is 0 Å². The van der Waals surface area contributed by atoms with Gasteiger partial charge in [0.25, 0.3) is 0 Å². The number of hydrogen-bond donors (Lipinski definition) is 1. The van der Waals surface area contributed by atoms with Gasteiger partial charge in [0.2, 0.25) is 5.28 Å². The Balaban J connectivity index is 2.65. The zero-order valence-electron chi connectivity index (χ0n) is 9.53. The van der Waals surface area contributed by atoms with Gasteiger partial charge < -0.3 is 9.88 Å². The molecule has 5 nitrogen and oxygen atoms in total. The van der Waals surface area contributed by atoms with Crippen LogP contribution in [0.3, 0.4) is 0 Å². The molecule has 86 valence electrons. The van der Waals surface area contributed by atoms with Crippen LogP contribution >= 0.6 is 11.6 Å².